The van der Waals surface area contributed by atoms with E-state index in [0.717, 1.165) is 17.6 Å². The summed E-state index contributed by atoms with van der Waals surface area (Å²) in [5.74, 6) is 1.37. The van der Waals surface area contributed by atoms with Crippen molar-refractivity contribution in [1.29, 1.82) is 0 Å². The fraction of sp³-hybridized carbons (Fsp3) is 0.294. The summed E-state index contributed by atoms with van der Waals surface area (Å²) >= 11 is 0. The molecule has 0 N–H and O–H groups in total. The lowest BCUT2D eigenvalue weighted by Gasteiger charge is -2.23. The molecule has 0 radical (unpaired) electrons. The van der Waals surface area contributed by atoms with Crippen LogP contribution in [-0.2, 0) is 5.41 Å². The molecule has 1 aromatic carbocycles. The minimum atomic E-state index is -0.0168. The first-order valence-corrected chi connectivity index (χ1v) is 6.59. The van der Waals surface area contributed by atoms with Crippen LogP contribution in [0.15, 0.2) is 36.7 Å². The third-order valence-electron chi connectivity index (χ3n) is 3.04. The largest absolute Gasteiger partial charge is 0.455 e. The average Bonchev–Trinajstić information content (AvgIpc) is 2.40. The molecule has 0 spiro atoms. The molecule has 2 rings (SSSR count). The Labute approximate surface area is 119 Å². The summed E-state index contributed by atoms with van der Waals surface area (Å²) in [7, 11) is 0. The number of carbonyl (C=O) groups is 1. The Morgan fingerprint density at radius 1 is 1.15 bits per heavy atom. The predicted octanol–water partition coefficient (Wildman–Crippen LogP) is 4.29. The first-order valence-electron chi connectivity index (χ1n) is 6.59. The van der Waals surface area contributed by atoms with Crippen LogP contribution in [0.2, 0.25) is 0 Å². The van der Waals surface area contributed by atoms with E-state index in [9.17, 15) is 4.79 Å². The maximum atomic E-state index is 10.8. The zero-order valence-electron chi connectivity index (χ0n) is 12.3. The highest BCUT2D eigenvalue weighted by atomic mass is 16.5. The van der Waals surface area contributed by atoms with E-state index in [0.29, 0.717) is 11.3 Å². The van der Waals surface area contributed by atoms with Crippen LogP contribution in [-0.4, -0.2) is 11.3 Å². The van der Waals surface area contributed by atoms with Crippen molar-refractivity contribution in [3.63, 3.8) is 0 Å². The molecule has 104 valence electrons. The topological polar surface area (TPSA) is 39.2 Å². The van der Waals surface area contributed by atoms with Gasteiger partial charge in [-0.15, -0.1) is 0 Å². The molecule has 0 saturated carbocycles. The van der Waals surface area contributed by atoms with Gasteiger partial charge in [0.25, 0.3) is 0 Å². The maximum absolute atomic E-state index is 10.8. The van der Waals surface area contributed by atoms with Crippen molar-refractivity contribution < 1.29 is 9.53 Å². The highest BCUT2D eigenvalue weighted by Crippen LogP contribution is 2.34. The number of benzene rings is 1. The summed E-state index contributed by atoms with van der Waals surface area (Å²) in [5.41, 5.74) is 2.82. The number of nitrogens with zero attached hydrogens (tertiary/aromatic N) is 1. The normalized spacial score (nSPS) is 11.2. The Morgan fingerprint density at radius 2 is 1.90 bits per heavy atom. The molecule has 0 unspecified atom stereocenters. The second-order valence-electron chi connectivity index (χ2n) is 5.92. The fourth-order valence-corrected chi connectivity index (χ4v) is 2.00. The van der Waals surface area contributed by atoms with Crippen molar-refractivity contribution in [2.45, 2.75) is 33.1 Å². The van der Waals surface area contributed by atoms with Crippen molar-refractivity contribution in [3.8, 4) is 11.5 Å². The van der Waals surface area contributed by atoms with Crippen LogP contribution >= 0.6 is 0 Å². The standard InChI is InChI=1S/C17H19NO2/c1-12-5-6-16(15(7-12)17(2,3)4)20-14-8-13(11-19)9-18-10-14/h5-11H,1-4H3. The Bertz CT molecular complexity index is 627. The Hall–Kier alpha value is -2.16. The van der Waals surface area contributed by atoms with Crippen LogP contribution in [0.3, 0.4) is 0 Å². The van der Waals surface area contributed by atoms with Gasteiger partial charge < -0.3 is 4.74 Å². The van der Waals surface area contributed by atoms with E-state index in [1.807, 2.05) is 12.1 Å². The van der Waals surface area contributed by atoms with Crippen LogP contribution in [0.5, 0.6) is 11.5 Å². The van der Waals surface area contributed by atoms with E-state index in [2.05, 4.69) is 38.7 Å². The molecular weight excluding hydrogens is 250 g/mol. The Kier molecular flexibility index (Phi) is 3.89. The van der Waals surface area contributed by atoms with Crippen molar-refractivity contribution in [2.75, 3.05) is 0 Å². The van der Waals surface area contributed by atoms with E-state index >= 15 is 0 Å². The van der Waals surface area contributed by atoms with Gasteiger partial charge in [0.05, 0.1) is 6.20 Å². The molecule has 0 fully saturated rings. The van der Waals surface area contributed by atoms with Gasteiger partial charge in [-0.05, 0) is 24.5 Å². The molecule has 3 heteroatoms. The van der Waals surface area contributed by atoms with Gasteiger partial charge >= 0.3 is 0 Å². The highest BCUT2D eigenvalue weighted by Gasteiger charge is 2.19. The molecule has 20 heavy (non-hydrogen) atoms. The molecule has 0 aliphatic carbocycles. The zero-order valence-corrected chi connectivity index (χ0v) is 12.3. The number of hydrogen-bond acceptors (Lipinski definition) is 3. The SMILES string of the molecule is Cc1ccc(Oc2cncc(C=O)c2)c(C(C)(C)C)c1. The molecule has 0 saturated heterocycles. The van der Waals surface area contributed by atoms with Crippen LogP contribution in [0.25, 0.3) is 0 Å². The van der Waals surface area contributed by atoms with Gasteiger partial charge in [0, 0.05) is 17.3 Å². The predicted molar refractivity (Wildman–Crippen MR) is 79.6 cm³/mol. The molecule has 2 aromatic rings. The third kappa shape index (κ3) is 3.23. The molecule has 0 atom stereocenters. The van der Waals surface area contributed by atoms with Gasteiger partial charge in [-0.2, -0.15) is 0 Å². The first kappa shape index (κ1) is 14.3. The van der Waals surface area contributed by atoms with Crippen LogP contribution in [0, 0.1) is 6.92 Å². The molecular formula is C17H19NO2. The van der Waals surface area contributed by atoms with E-state index in [1.165, 1.54) is 11.8 Å². The van der Waals surface area contributed by atoms with Gasteiger partial charge in [-0.25, -0.2) is 0 Å². The number of aryl methyl sites for hydroxylation is 1. The Balaban J connectivity index is 2.40. The highest BCUT2D eigenvalue weighted by molar-refractivity contribution is 5.74. The number of carbonyl (C=O) groups excluding carboxylic acids is 1. The number of rotatable bonds is 3. The van der Waals surface area contributed by atoms with E-state index in [1.54, 1.807) is 12.3 Å². The number of ether oxygens (including phenoxy) is 1. The molecule has 0 aliphatic heterocycles. The molecule has 1 aromatic heterocycles. The molecule has 1 heterocycles. The van der Waals surface area contributed by atoms with Crippen molar-refractivity contribution in [2.24, 2.45) is 0 Å². The Morgan fingerprint density at radius 3 is 2.55 bits per heavy atom. The average molecular weight is 269 g/mol. The van der Waals surface area contributed by atoms with Gasteiger partial charge in [0.2, 0.25) is 0 Å². The van der Waals surface area contributed by atoms with Crippen LogP contribution in [0.4, 0.5) is 0 Å². The molecule has 0 aliphatic rings. The van der Waals surface area contributed by atoms with E-state index in [-0.39, 0.29) is 5.41 Å². The van der Waals surface area contributed by atoms with Gasteiger partial charge in [-0.3, -0.25) is 9.78 Å². The lowest BCUT2D eigenvalue weighted by molar-refractivity contribution is 0.112. The van der Waals surface area contributed by atoms with Crippen molar-refractivity contribution in [3.05, 3.63) is 53.3 Å². The minimum Gasteiger partial charge on any atom is -0.455 e. The second-order valence-corrected chi connectivity index (χ2v) is 5.92. The molecule has 3 nitrogen and oxygen atoms in total. The summed E-state index contributed by atoms with van der Waals surface area (Å²) in [6, 6.07) is 7.80. The summed E-state index contributed by atoms with van der Waals surface area (Å²) in [4.78, 5) is 14.8. The first-order chi connectivity index (χ1) is 9.40. The summed E-state index contributed by atoms with van der Waals surface area (Å²) < 4.78 is 5.91. The number of aromatic nitrogens is 1. The van der Waals surface area contributed by atoms with Crippen molar-refractivity contribution in [1.82, 2.24) is 4.98 Å². The van der Waals surface area contributed by atoms with E-state index in [4.69, 9.17) is 4.74 Å². The number of pyridine rings is 1. The summed E-state index contributed by atoms with van der Waals surface area (Å²) in [5, 5.41) is 0. The summed E-state index contributed by atoms with van der Waals surface area (Å²) in [6.07, 6.45) is 3.89. The lowest BCUT2D eigenvalue weighted by atomic mass is 9.85. The van der Waals surface area contributed by atoms with Gasteiger partial charge in [0.15, 0.2) is 6.29 Å². The van der Waals surface area contributed by atoms with Crippen molar-refractivity contribution >= 4 is 6.29 Å². The lowest BCUT2D eigenvalue weighted by Crippen LogP contribution is -2.12. The molecule has 0 amide bonds. The zero-order chi connectivity index (χ0) is 14.8. The molecule has 0 bridgehead atoms. The van der Waals surface area contributed by atoms with Gasteiger partial charge in [0.1, 0.15) is 11.5 Å². The summed E-state index contributed by atoms with van der Waals surface area (Å²) in [6.45, 7) is 8.51. The van der Waals surface area contributed by atoms with Crippen LogP contribution in [0.1, 0.15) is 42.3 Å². The smallest absolute Gasteiger partial charge is 0.151 e. The fourth-order valence-electron chi connectivity index (χ4n) is 2.00. The number of hydrogen-bond donors (Lipinski definition) is 0. The minimum absolute atomic E-state index is 0.0168. The monoisotopic (exact) mass is 269 g/mol. The van der Waals surface area contributed by atoms with Gasteiger partial charge in [-0.1, -0.05) is 38.5 Å². The van der Waals surface area contributed by atoms with Crippen LogP contribution < -0.4 is 4.74 Å². The second kappa shape index (κ2) is 5.45. The third-order valence-corrected chi connectivity index (χ3v) is 3.04. The quantitative estimate of drug-likeness (QED) is 0.780. The number of aldehydes is 1. The van der Waals surface area contributed by atoms with E-state index < -0.39 is 0 Å². The maximum Gasteiger partial charge on any atom is 0.151 e.